The highest BCUT2D eigenvalue weighted by Crippen LogP contribution is 2.48. The lowest BCUT2D eigenvalue weighted by atomic mass is 9.62. The second-order valence-corrected chi connectivity index (χ2v) is 13.9. The number of phenolic OH excluding ortho intramolecular Hbond substituents is 2. The van der Waals surface area contributed by atoms with E-state index in [9.17, 15) is 10.2 Å². The van der Waals surface area contributed by atoms with Crippen molar-refractivity contribution in [3.63, 3.8) is 0 Å². The highest BCUT2D eigenvalue weighted by Gasteiger charge is 2.38. The molecule has 0 amide bonds. The van der Waals surface area contributed by atoms with Crippen LogP contribution >= 0.6 is 0 Å². The third kappa shape index (κ3) is 10.1. The largest absolute Gasteiger partial charge is 0.508 e. The second kappa shape index (κ2) is 17.2. The summed E-state index contributed by atoms with van der Waals surface area (Å²) in [5.74, 6) is 3.47. The van der Waals surface area contributed by atoms with E-state index in [0.29, 0.717) is 11.5 Å². The van der Waals surface area contributed by atoms with E-state index in [1.54, 1.807) is 0 Å². The van der Waals surface area contributed by atoms with Gasteiger partial charge in [0.05, 0.1) is 0 Å². The molecule has 2 aromatic carbocycles. The molecule has 0 radical (unpaired) electrons. The van der Waals surface area contributed by atoms with Crippen molar-refractivity contribution in [1.29, 1.82) is 0 Å². The highest BCUT2D eigenvalue weighted by atomic mass is 16.3. The van der Waals surface area contributed by atoms with Gasteiger partial charge in [0, 0.05) is 5.41 Å². The van der Waals surface area contributed by atoms with Crippen LogP contribution in [0.4, 0.5) is 0 Å². The van der Waals surface area contributed by atoms with Crippen LogP contribution in [-0.4, -0.2) is 10.2 Å². The molecule has 2 N–H and O–H groups in total. The van der Waals surface area contributed by atoms with Crippen LogP contribution < -0.4 is 0 Å². The molecular formula is C39H60O2. The first-order valence-corrected chi connectivity index (χ1v) is 17.7. The molecule has 2 aliphatic rings. The van der Waals surface area contributed by atoms with Gasteiger partial charge in [-0.2, -0.15) is 0 Å². The van der Waals surface area contributed by atoms with E-state index in [1.165, 1.54) is 140 Å². The molecule has 2 aromatic rings. The van der Waals surface area contributed by atoms with Gasteiger partial charge in [0.1, 0.15) is 11.5 Å². The van der Waals surface area contributed by atoms with Gasteiger partial charge in [0.2, 0.25) is 0 Å². The van der Waals surface area contributed by atoms with Gasteiger partial charge in [-0.25, -0.2) is 0 Å². The van der Waals surface area contributed by atoms with Gasteiger partial charge in [-0.05, 0) is 78.8 Å². The Bertz CT molecular complexity index is 899. The maximum absolute atomic E-state index is 9.88. The Kier molecular flexibility index (Phi) is 13.4. The van der Waals surface area contributed by atoms with Crippen LogP contribution in [0.5, 0.6) is 11.5 Å². The molecule has 0 spiro atoms. The average molecular weight is 561 g/mol. The van der Waals surface area contributed by atoms with Crippen LogP contribution in [-0.2, 0) is 5.41 Å². The van der Waals surface area contributed by atoms with Crippen LogP contribution in [0.25, 0.3) is 0 Å². The summed E-state index contributed by atoms with van der Waals surface area (Å²) in [5.41, 5.74) is 2.59. The SMILES string of the molecule is CCCCCCCCCCCCCC1CCC(CCC2CCC(c3ccc(O)cc3)(c3ccc(O)cc3)CC2)CC1. The Labute approximate surface area is 252 Å². The summed E-state index contributed by atoms with van der Waals surface area (Å²) in [6, 6.07) is 15.8. The van der Waals surface area contributed by atoms with Crippen LogP contribution in [0.1, 0.15) is 159 Å². The molecule has 4 rings (SSSR count). The van der Waals surface area contributed by atoms with E-state index < -0.39 is 0 Å². The molecule has 2 nitrogen and oxygen atoms in total. The van der Waals surface area contributed by atoms with Crippen molar-refractivity contribution in [2.45, 2.75) is 154 Å². The molecule has 0 saturated heterocycles. The predicted molar refractivity (Wildman–Crippen MR) is 175 cm³/mol. The lowest BCUT2D eigenvalue weighted by Gasteiger charge is -2.42. The van der Waals surface area contributed by atoms with Crippen molar-refractivity contribution in [3.05, 3.63) is 59.7 Å². The molecule has 228 valence electrons. The molecule has 0 aliphatic heterocycles. The van der Waals surface area contributed by atoms with Gasteiger partial charge in [-0.3, -0.25) is 0 Å². The molecule has 0 heterocycles. The van der Waals surface area contributed by atoms with E-state index in [2.05, 4.69) is 31.2 Å². The van der Waals surface area contributed by atoms with Gasteiger partial charge in [-0.15, -0.1) is 0 Å². The van der Waals surface area contributed by atoms with Gasteiger partial charge < -0.3 is 10.2 Å². The van der Waals surface area contributed by atoms with Crippen molar-refractivity contribution < 1.29 is 10.2 Å². The molecule has 2 saturated carbocycles. The van der Waals surface area contributed by atoms with E-state index in [-0.39, 0.29) is 5.41 Å². The number of aromatic hydroxyl groups is 2. The topological polar surface area (TPSA) is 40.5 Å². The summed E-state index contributed by atoms with van der Waals surface area (Å²) in [6.07, 6.45) is 31.0. The standard InChI is InChI=1S/C39H60O2/c1-2-3-4-5-6-7-8-9-10-11-12-13-32-14-16-33(17-15-32)18-19-34-28-30-39(31-29-34,35-20-24-37(40)25-21-35)36-22-26-38(41)27-23-36/h20-27,32-34,40-41H,2-19,28-31H2,1H3. The quantitative estimate of drug-likeness (QED) is 0.189. The predicted octanol–water partition coefficient (Wildman–Crippen LogP) is 11.9. The van der Waals surface area contributed by atoms with Crippen LogP contribution in [0.2, 0.25) is 0 Å². The van der Waals surface area contributed by atoms with E-state index >= 15 is 0 Å². The third-order valence-corrected chi connectivity index (χ3v) is 11.0. The van der Waals surface area contributed by atoms with Crippen LogP contribution in [0.3, 0.4) is 0 Å². The minimum absolute atomic E-state index is 0.00972. The molecule has 2 aliphatic carbocycles. The monoisotopic (exact) mass is 560 g/mol. The molecule has 0 atom stereocenters. The number of benzene rings is 2. The zero-order valence-corrected chi connectivity index (χ0v) is 26.3. The average Bonchev–Trinajstić information content (AvgIpc) is 3.00. The maximum atomic E-state index is 9.88. The van der Waals surface area contributed by atoms with Crippen molar-refractivity contribution in [2.24, 2.45) is 17.8 Å². The summed E-state index contributed by atoms with van der Waals surface area (Å²) in [6.45, 7) is 2.30. The Morgan fingerprint density at radius 3 is 1.29 bits per heavy atom. The summed E-state index contributed by atoms with van der Waals surface area (Å²) in [4.78, 5) is 0. The number of hydrogen-bond donors (Lipinski definition) is 2. The van der Waals surface area contributed by atoms with Gasteiger partial charge >= 0.3 is 0 Å². The zero-order chi connectivity index (χ0) is 28.8. The summed E-state index contributed by atoms with van der Waals surface area (Å²) in [7, 11) is 0. The molecule has 0 bridgehead atoms. The lowest BCUT2D eigenvalue weighted by Crippen LogP contribution is -2.33. The van der Waals surface area contributed by atoms with Crippen LogP contribution in [0, 0.1) is 17.8 Å². The van der Waals surface area contributed by atoms with Crippen LogP contribution in [0.15, 0.2) is 48.5 Å². The fraction of sp³-hybridized carbons (Fsp3) is 0.692. The first-order valence-electron chi connectivity index (χ1n) is 17.7. The molecule has 0 unspecified atom stereocenters. The minimum atomic E-state index is -0.00972. The Balaban J connectivity index is 1.10. The number of rotatable bonds is 17. The number of hydrogen-bond acceptors (Lipinski definition) is 2. The normalized spacial score (nSPS) is 21.2. The van der Waals surface area contributed by atoms with Gasteiger partial charge in [-0.1, -0.05) is 147 Å². The smallest absolute Gasteiger partial charge is 0.115 e. The number of phenols is 2. The molecule has 2 heteroatoms. The summed E-state index contributed by atoms with van der Waals surface area (Å²) >= 11 is 0. The number of unbranched alkanes of at least 4 members (excludes halogenated alkanes) is 10. The fourth-order valence-corrected chi connectivity index (χ4v) is 8.14. The van der Waals surface area contributed by atoms with Crippen molar-refractivity contribution in [3.8, 4) is 11.5 Å². The Hall–Kier alpha value is -1.96. The van der Waals surface area contributed by atoms with E-state index in [4.69, 9.17) is 0 Å². The first kappa shape index (κ1) is 32.0. The fourth-order valence-electron chi connectivity index (χ4n) is 8.14. The summed E-state index contributed by atoms with van der Waals surface area (Å²) < 4.78 is 0. The van der Waals surface area contributed by atoms with E-state index in [0.717, 1.165) is 30.6 Å². The van der Waals surface area contributed by atoms with Gasteiger partial charge in [0.15, 0.2) is 0 Å². The molecule has 41 heavy (non-hydrogen) atoms. The summed E-state index contributed by atoms with van der Waals surface area (Å²) in [5, 5.41) is 19.8. The molecular weight excluding hydrogens is 500 g/mol. The molecule has 0 aromatic heterocycles. The van der Waals surface area contributed by atoms with Crippen molar-refractivity contribution in [2.75, 3.05) is 0 Å². The van der Waals surface area contributed by atoms with E-state index in [1.807, 2.05) is 24.3 Å². The maximum Gasteiger partial charge on any atom is 0.115 e. The first-order chi connectivity index (χ1) is 20.1. The Morgan fingerprint density at radius 2 is 0.854 bits per heavy atom. The zero-order valence-electron chi connectivity index (χ0n) is 26.3. The van der Waals surface area contributed by atoms with Crippen molar-refractivity contribution >= 4 is 0 Å². The minimum Gasteiger partial charge on any atom is -0.508 e. The molecule has 2 fully saturated rings. The lowest BCUT2D eigenvalue weighted by molar-refractivity contribution is 0.208. The van der Waals surface area contributed by atoms with Gasteiger partial charge in [0.25, 0.3) is 0 Å². The highest BCUT2D eigenvalue weighted by molar-refractivity contribution is 5.43. The third-order valence-electron chi connectivity index (χ3n) is 11.0. The Morgan fingerprint density at radius 1 is 0.488 bits per heavy atom. The van der Waals surface area contributed by atoms with Crippen molar-refractivity contribution in [1.82, 2.24) is 0 Å². The second-order valence-electron chi connectivity index (χ2n) is 13.9.